The minimum absolute atomic E-state index is 0.205. The molecule has 2 aromatic carbocycles. The molecule has 5 rings (SSSR count). The van der Waals surface area contributed by atoms with Crippen molar-refractivity contribution in [2.75, 3.05) is 13.2 Å². The van der Waals surface area contributed by atoms with Gasteiger partial charge in [-0.1, -0.05) is 67.6 Å². The Morgan fingerprint density at radius 1 is 1.03 bits per heavy atom. The molecule has 0 saturated carbocycles. The maximum Gasteiger partial charge on any atom is 0.246 e. The number of ether oxygens (including phenoxy) is 1. The SMILES string of the molecule is CCCNC(=O)[C@@H]1[C@H]2C(=O)N([C@@H](CO)Cc3ccccc3)C(C(=O)NCc3ccccc3)C23CC[C@@]1(C)O3. The van der Waals surface area contributed by atoms with Gasteiger partial charge < -0.3 is 25.4 Å². The molecule has 0 aliphatic carbocycles. The molecule has 3 saturated heterocycles. The van der Waals surface area contributed by atoms with Crippen LogP contribution < -0.4 is 10.6 Å². The second-order valence-electron chi connectivity index (χ2n) is 11.0. The normalized spacial score (nSPS) is 30.2. The first-order chi connectivity index (χ1) is 18.3. The van der Waals surface area contributed by atoms with Gasteiger partial charge in [-0.3, -0.25) is 14.4 Å². The molecule has 1 spiro atoms. The lowest BCUT2D eigenvalue weighted by Gasteiger charge is -2.37. The van der Waals surface area contributed by atoms with Gasteiger partial charge in [-0.15, -0.1) is 0 Å². The lowest BCUT2D eigenvalue weighted by atomic mass is 9.66. The fraction of sp³-hybridized carbons (Fsp3) is 0.500. The van der Waals surface area contributed by atoms with E-state index in [0.717, 1.165) is 17.5 Å². The zero-order valence-corrected chi connectivity index (χ0v) is 22.1. The van der Waals surface area contributed by atoms with E-state index >= 15 is 0 Å². The van der Waals surface area contributed by atoms with Gasteiger partial charge in [0.25, 0.3) is 0 Å². The number of nitrogens with one attached hydrogen (secondary N) is 2. The van der Waals surface area contributed by atoms with Crippen molar-refractivity contribution in [2.45, 2.75) is 69.4 Å². The van der Waals surface area contributed by atoms with E-state index in [4.69, 9.17) is 4.74 Å². The van der Waals surface area contributed by atoms with Gasteiger partial charge in [0.05, 0.1) is 30.1 Å². The van der Waals surface area contributed by atoms with E-state index in [0.29, 0.717) is 32.4 Å². The van der Waals surface area contributed by atoms with Crippen molar-refractivity contribution >= 4 is 17.7 Å². The van der Waals surface area contributed by atoms with Crippen molar-refractivity contribution in [1.82, 2.24) is 15.5 Å². The number of aliphatic hydroxyl groups excluding tert-OH is 1. The number of hydrogen-bond acceptors (Lipinski definition) is 5. The molecule has 38 heavy (non-hydrogen) atoms. The highest BCUT2D eigenvalue weighted by Gasteiger charge is 2.78. The van der Waals surface area contributed by atoms with E-state index in [1.165, 1.54) is 4.90 Å². The molecule has 2 bridgehead atoms. The molecule has 8 nitrogen and oxygen atoms in total. The predicted octanol–water partition coefficient (Wildman–Crippen LogP) is 2.20. The number of rotatable bonds is 10. The maximum absolute atomic E-state index is 14.3. The molecule has 8 heteroatoms. The minimum atomic E-state index is -1.12. The van der Waals surface area contributed by atoms with Crippen LogP contribution in [-0.4, -0.2) is 64.2 Å². The summed E-state index contributed by atoms with van der Waals surface area (Å²) < 4.78 is 6.65. The second-order valence-corrected chi connectivity index (χ2v) is 11.0. The van der Waals surface area contributed by atoms with E-state index in [1.807, 2.05) is 74.5 Å². The van der Waals surface area contributed by atoms with Crippen molar-refractivity contribution < 1.29 is 24.2 Å². The van der Waals surface area contributed by atoms with Crippen LogP contribution in [0, 0.1) is 11.8 Å². The molecule has 3 amide bonds. The average molecular weight is 520 g/mol. The maximum atomic E-state index is 14.3. The topological polar surface area (TPSA) is 108 Å². The van der Waals surface area contributed by atoms with Crippen molar-refractivity contribution in [3.8, 4) is 0 Å². The third kappa shape index (κ3) is 4.39. The quantitative estimate of drug-likeness (QED) is 0.446. The third-order valence-corrected chi connectivity index (χ3v) is 8.52. The van der Waals surface area contributed by atoms with Crippen LogP contribution in [0.5, 0.6) is 0 Å². The fourth-order valence-electron chi connectivity index (χ4n) is 6.83. The van der Waals surface area contributed by atoms with Gasteiger partial charge in [-0.2, -0.15) is 0 Å². The smallest absolute Gasteiger partial charge is 0.246 e. The van der Waals surface area contributed by atoms with Crippen LogP contribution in [0.15, 0.2) is 60.7 Å². The zero-order chi connectivity index (χ0) is 26.9. The van der Waals surface area contributed by atoms with Gasteiger partial charge in [-0.05, 0) is 43.7 Å². The highest BCUT2D eigenvalue weighted by atomic mass is 16.5. The fourth-order valence-corrected chi connectivity index (χ4v) is 6.83. The number of likely N-dealkylation sites (tertiary alicyclic amines) is 1. The van der Waals surface area contributed by atoms with Crippen LogP contribution in [0.1, 0.15) is 44.2 Å². The van der Waals surface area contributed by atoms with E-state index in [1.54, 1.807) is 0 Å². The summed E-state index contributed by atoms with van der Waals surface area (Å²) in [5.74, 6) is -2.30. The Morgan fingerprint density at radius 3 is 2.32 bits per heavy atom. The van der Waals surface area contributed by atoms with E-state index in [9.17, 15) is 19.5 Å². The highest BCUT2D eigenvalue weighted by molar-refractivity contribution is 5.99. The summed E-state index contributed by atoms with van der Waals surface area (Å²) >= 11 is 0. The number of fused-ring (bicyclic) bond motifs is 1. The van der Waals surface area contributed by atoms with Crippen LogP contribution in [0.3, 0.4) is 0 Å². The van der Waals surface area contributed by atoms with Crippen LogP contribution in [-0.2, 0) is 32.1 Å². The summed E-state index contributed by atoms with van der Waals surface area (Å²) in [6.07, 6.45) is 2.25. The van der Waals surface area contributed by atoms with E-state index in [2.05, 4.69) is 10.6 Å². The summed E-state index contributed by atoms with van der Waals surface area (Å²) in [7, 11) is 0. The molecule has 3 fully saturated rings. The number of hydrogen-bond donors (Lipinski definition) is 3. The molecular formula is C30H37N3O5. The highest BCUT2D eigenvalue weighted by Crippen LogP contribution is 2.63. The van der Waals surface area contributed by atoms with Gasteiger partial charge in [0.1, 0.15) is 11.6 Å². The first-order valence-electron chi connectivity index (χ1n) is 13.6. The zero-order valence-electron chi connectivity index (χ0n) is 22.1. The number of benzene rings is 2. The molecule has 6 atom stereocenters. The van der Waals surface area contributed by atoms with Gasteiger partial charge in [0.2, 0.25) is 17.7 Å². The molecule has 3 aliphatic heterocycles. The van der Waals surface area contributed by atoms with Crippen molar-refractivity contribution in [2.24, 2.45) is 11.8 Å². The van der Waals surface area contributed by atoms with Crippen molar-refractivity contribution in [3.63, 3.8) is 0 Å². The molecule has 0 radical (unpaired) electrons. The van der Waals surface area contributed by atoms with E-state index < -0.39 is 35.1 Å². The number of carbonyl (C=O) groups excluding carboxylic acids is 3. The van der Waals surface area contributed by atoms with Gasteiger partial charge in [-0.25, -0.2) is 0 Å². The summed E-state index contributed by atoms with van der Waals surface area (Å²) in [5.41, 5.74) is -0.0534. The lowest BCUT2D eigenvalue weighted by Crippen LogP contribution is -2.58. The Bertz CT molecular complexity index is 1170. The molecular weight excluding hydrogens is 482 g/mol. The molecule has 0 aromatic heterocycles. The van der Waals surface area contributed by atoms with Crippen molar-refractivity contribution in [3.05, 3.63) is 71.8 Å². The second kappa shape index (κ2) is 10.5. The summed E-state index contributed by atoms with van der Waals surface area (Å²) in [4.78, 5) is 43.1. The Morgan fingerprint density at radius 2 is 1.68 bits per heavy atom. The number of aliphatic hydroxyl groups is 1. The monoisotopic (exact) mass is 519 g/mol. The Kier molecular flexibility index (Phi) is 7.29. The molecule has 2 aromatic rings. The van der Waals surface area contributed by atoms with Crippen LogP contribution in [0.4, 0.5) is 0 Å². The molecule has 2 unspecified atom stereocenters. The summed E-state index contributed by atoms with van der Waals surface area (Å²) in [5, 5.41) is 16.5. The lowest BCUT2D eigenvalue weighted by molar-refractivity contribution is -0.149. The van der Waals surface area contributed by atoms with Gasteiger partial charge in [0, 0.05) is 13.1 Å². The first-order valence-corrected chi connectivity index (χ1v) is 13.6. The van der Waals surface area contributed by atoms with Crippen LogP contribution in [0.25, 0.3) is 0 Å². The van der Waals surface area contributed by atoms with Crippen LogP contribution >= 0.6 is 0 Å². The molecule has 3 N–H and O–H groups in total. The number of nitrogens with zero attached hydrogens (tertiary/aromatic N) is 1. The van der Waals surface area contributed by atoms with Crippen LogP contribution in [0.2, 0.25) is 0 Å². The number of amides is 3. The predicted molar refractivity (Wildman–Crippen MR) is 142 cm³/mol. The molecule has 3 heterocycles. The standard InChI is InChI=1S/C30H37N3O5/c1-3-16-31-26(35)23-24-28(37)33(22(19-34)17-20-10-6-4-7-11-20)25(30(24)15-14-29(23,2)38-30)27(36)32-18-21-12-8-5-9-13-21/h4-13,22-25,34H,3,14-19H2,1-2H3,(H,31,35)(H,32,36)/t22-,23+,24+,25?,29-,30?/m1/s1. The Labute approximate surface area is 223 Å². The number of carbonyl (C=O) groups is 3. The third-order valence-electron chi connectivity index (χ3n) is 8.52. The average Bonchev–Trinajstić information content (AvgIpc) is 3.51. The Balaban J connectivity index is 1.51. The minimum Gasteiger partial charge on any atom is -0.394 e. The Hall–Kier alpha value is -3.23. The van der Waals surface area contributed by atoms with Crippen molar-refractivity contribution in [1.29, 1.82) is 0 Å². The first kappa shape index (κ1) is 26.4. The van der Waals surface area contributed by atoms with E-state index in [-0.39, 0.29) is 24.3 Å². The van der Waals surface area contributed by atoms with Gasteiger partial charge >= 0.3 is 0 Å². The van der Waals surface area contributed by atoms with Gasteiger partial charge in [0.15, 0.2) is 0 Å². The molecule has 3 aliphatic rings. The largest absolute Gasteiger partial charge is 0.394 e. The summed E-state index contributed by atoms with van der Waals surface area (Å²) in [6, 6.07) is 17.6. The summed E-state index contributed by atoms with van der Waals surface area (Å²) in [6.45, 7) is 4.37. The molecule has 202 valence electrons.